The minimum Gasteiger partial charge on any atom is -0.371 e. The molecule has 57 heavy (non-hydrogen) atoms. The SMILES string of the molecule is Cc1cccc(C)c1Nc1nn(C)c2nc(Nc3ccc4c(c3)CN(C(=S)C3CCN(c5ccc6c(c5)C(=O)N(C5CCC(=O)NC5=O)C6=O)CC3)CC4)ncc12. The number of hydrogen-bond donors (Lipinski definition) is 3. The molecule has 0 saturated carbocycles. The molecule has 0 aliphatic carbocycles. The Morgan fingerprint density at radius 2 is 1.63 bits per heavy atom. The number of para-hydroxylation sites is 1. The van der Waals surface area contributed by atoms with Crippen molar-refractivity contribution in [3.05, 3.63) is 94.2 Å². The largest absolute Gasteiger partial charge is 0.371 e. The normalized spacial score (nSPS) is 18.5. The smallest absolute Gasteiger partial charge is 0.262 e. The zero-order valence-corrected chi connectivity index (χ0v) is 32.8. The Balaban J connectivity index is 0.829. The van der Waals surface area contributed by atoms with Crippen LogP contribution in [0.2, 0.25) is 0 Å². The van der Waals surface area contributed by atoms with Gasteiger partial charge >= 0.3 is 0 Å². The summed E-state index contributed by atoms with van der Waals surface area (Å²) in [7, 11) is 1.88. The first-order valence-corrected chi connectivity index (χ1v) is 19.7. The summed E-state index contributed by atoms with van der Waals surface area (Å²) in [6.45, 7) is 7.25. The summed E-state index contributed by atoms with van der Waals surface area (Å²) in [5, 5.41) is 14.7. The average molecular weight is 783 g/mol. The van der Waals surface area contributed by atoms with Crippen LogP contribution in [0.25, 0.3) is 11.0 Å². The summed E-state index contributed by atoms with van der Waals surface area (Å²) in [4.78, 5) is 66.7. The number of piperidine rings is 2. The van der Waals surface area contributed by atoms with Gasteiger partial charge < -0.3 is 20.4 Å². The molecule has 1 unspecified atom stereocenters. The van der Waals surface area contributed by atoms with Crippen molar-refractivity contribution < 1.29 is 19.2 Å². The van der Waals surface area contributed by atoms with E-state index >= 15 is 0 Å². The molecule has 6 heterocycles. The van der Waals surface area contributed by atoms with Gasteiger partial charge in [0.1, 0.15) is 6.04 Å². The lowest BCUT2D eigenvalue weighted by molar-refractivity contribution is -0.136. The molecule has 3 N–H and O–H groups in total. The highest BCUT2D eigenvalue weighted by Crippen LogP contribution is 2.34. The molecule has 2 fully saturated rings. The van der Waals surface area contributed by atoms with Gasteiger partial charge in [0, 0.05) is 68.8 Å². The number of fused-ring (bicyclic) bond motifs is 3. The first-order chi connectivity index (χ1) is 27.5. The fourth-order valence-electron chi connectivity index (χ4n) is 8.57. The monoisotopic (exact) mass is 782 g/mol. The first-order valence-electron chi connectivity index (χ1n) is 19.3. The zero-order valence-electron chi connectivity index (χ0n) is 32.0. The molecular formula is C42H42N10O4S. The Bertz CT molecular complexity index is 2510. The van der Waals surface area contributed by atoms with Crippen LogP contribution in [-0.4, -0.2) is 83.8 Å². The van der Waals surface area contributed by atoms with Gasteiger partial charge in [0.15, 0.2) is 11.5 Å². The summed E-state index contributed by atoms with van der Waals surface area (Å²) >= 11 is 6.13. The first kappa shape index (κ1) is 36.4. The fraction of sp³-hybridized carbons (Fsp3) is 0.333. The number of nitrogens with zero attached hydrogens (tertiary/aromatic N) is 7. The average Bonchev–Trinajstić information content (AvgIpc) is 3.65. The number of benzene rings is 3. The number of thiocarbonyl (C=S) groups is 1. The molecule has 3 aromatic carbocycles. The van der Waals surface area contributed by atoms with Crippen LogP contribution in [0.15, 0.2) is 60.8 Å². The Morgan fingerprint density at radius 1 is 0.860 bits per heavy atom. The quantitative estimate of drug-likeness (QED) is 0.142. The molecule has 15 heteroatoms. The number of nitrogens with one attached hydrogen (secondary N) is 3. The van der Waals surface area contributed by atoms with E-state index in [-0.39, 0.29) is 24.3 Å². The van der Waals surface area contributed by atoms with E-state index < -0.39 is 29.7 Å². The van der Waals surface area contributed by atoms with Crippen molar-refractivity contribution in [3.8, 4) is 0 Å². The van der Waals surface area contributed by atoms with E-state index in [1.165, 1.54) is 11.1 Å². The zero-order chi connectivity index (χ0) is 39.5. The van der Waals surface area contributed by atoms with Crippen LogP contribution >= 0.6 is 12.2 Å². The van der Waals surface area contributed by atoms with Crippen LogP contribution < -0.4 is 20.9 Å². The van der Waals surface area contributed by atoms with Gasteiger partial charge in [0.2, 0.25) is 17.8 Å². The highest BCUT2D eigenvalue weighted by molar-refractivity contribution is 7.80. The van der Waals surface area contributed by atoms with Crippen LogP contribution in [0, 0.1) is 19.8 Å². The van der Waals surface area contributed by atoms with Gasteiger partial charge in [-0.2, -0.15) is 10.1 Å². The highest BCUT2D eigenvalue weighted by atomic mass is 32.1. The molecule has 1 atom stereocenters. The van der Waals surface area contributed by atoms with Gasteiger partial charge in [-0.25, -0.2) is 9.67 Å². The summed E-state index contributed by atoms with van der Waals surface area (Å²) in [6, 6.07) is 16.9. The molecular weight excluding hydrogens is 741 g/mol. The van der Waals surface area contributed by atoms with Crippen LogP contribution in [0.5, 0.6) is 0 Å². The lowest BCUT2D eigenvalue weighted by Crippen LogP contribution is -2.54. The standard InChI is InChI=1S/C42H42N10O4S/c1-23-5-4-6-24(2)35(23)46-36-32-21-43-42(47-37(32)49(3)48-36)44-28-8-7-25-13-18-51(22-27(25)19-28)41(57)26-14-16-50(17-15-26)29-9-10-30-31(20-29)40(56)52(39(30)55)33-11-12-34(53)45-38(33)54/h4-10,19-21,26,33H,11-18,22H2,1-3H3,(H,46,48)(H,43,44,47)(H,45,53,54). The lowest BCUT2D eigenvalue weighted by atomic mass is 9.93. The van der Waals surface area contributed by atoms with Crippen molar-refractivity contribution in [3.63, 3.8) is 0 Å². The summed E-state index contributed by atoms with van der Waals surface area (Å²) in [6.07, 6.45) is 4.66. The number of amides is 4. The Labute approximate surface area is 334 Å². The topological polar surface area (TPSA) is 158 Å². The number of rotatable bonds is 7. The van der Waals surface area contributed by atoms with Crippen LogP contribution in [0.4, 0.5) is 28.8 Å². The molecule has 290 valence electrons. The second-order valence-corrected chi connectivity index (χ2v) is 15.8. The third kappa shape index (κ3) is 6.64. The summed E-state index contributed by atoms with van der Waals surface area (Å²) in [5.74, 6) is -0.556. The van der Waals surface area contributed by atoms with E-state index in [9.17, 15) is 19.2 Å². The molecule has 14 nitrogen and oxygen atoms in total. The van der Waals surface area contributed by atoms with Gasteiger partial charge in [-0.3, -0.25) is 29.4 Å². The van der Waals surface area contributed by atoms with Crippen LogP contribution in [0.1, 0.15) is 68.7 Å². The maximum absolute atomic E-state index is 13.4. The second-order valence-electron chi connectivity index (χ2n) is 15.4. The van der Waals surface area contributed by atoms with E-state index in [1.807, 2.05) is 19.2 Å². The molecule has 4 aliphatic heterocycles. The van der Waals surface area contributed by atoms with E-state index in [4.69, 9.17) is 22.3 Å². The highest BCUT2D eigenvalue weighted by Gasteiger charge is 2.45. The van der Waals surface area contributed by atoms with Gasteiger partial charge in [0.25, 0.3) is 11.8 Å². The third-order valence-corrected chi connectivity index (χ3v) is 12.3. The summed E-state index contributed by atoms with van der Waals surface area (Å²) in [5.41, 5.74) is 8.89. The number of aromatic nitrogens is 4. The number of hydrogen-bond acceptors (Lipinski definition) is 11. The summed E-state index contributed by atoms with van der Waals surface area (Å²) < 4.78 is 1.77. The number of anilines is 5. The third-order valence-electron chi connectivity index (χ3n) is 11.7. The Morgan fingerprint density at radius 3 is 2.40 bits per heavy atom. The molecule has 9 rings (SSSR count). The van der Waals surface area contributed by atoms with E-state index in [0.29, 0.717) is 17.3 Å². The number of carbonyl (C=O) groups is 4. The van der Waals surface area contributed by atoms with Gasteiger partial charge in [-0.05, 0) is 92.1 Å². The van der Waals surface area contributed by atoms with Crippen LogP contribution in [0.3, 0.4) is 0 Å². The molecule has 5 aromatic rings. The number of carbonyl (C=O) groups excluding carboxylic acids is 4. The van der Waals surface area contributed by atoms with E-state index in [0.717, 1.165) is 94.6 Å². The van der Waals surface area contributed by atoms with Crippen LogP contribution in [-0.2, 0) is 29.6 Å². The van der Waals surface area contributed by atoms with Gasteiger partial charge in [-0.1, -0.05) is 36.5 Å². The maximum Gasteiger partial charge on any atom is 0.262 e. The van der Waals surface area contributed by atoms with E-state index in [1.54, 1.807) is 23.0 Å². The molecule has 4 aliphatic rings. The Kier molecular flexibility index (Phi) is 9.18. The molecule has 4 amide bonds. The van der Waals surface area contributed by atoms with Crippen molar-refractivity contribution >= 4 is 80.7 Å². The van der Waals surface area contributed by atoms with Gasteiger partial charge in [0.05, 0.1) is 21.5 Å². The molecule has 0 spiro atoms. The number of aryl methyl sites for hydroxylation is 3. The van der Waals surface area contributed by atoms with Crippen molar-refractivity contribution in [1.82, 2.24) is 34.9 Å². The fourth-order valence-corrected chi connectivity index (χ4v) is 8.96. The lowest BCUT2D eigenvalue weighted by Gasteiger charge is -2.39. The van der Waals surface area contributed by atoms with Crippen molar-refractivity contribution in [2.75, 3.05) is 35.2 Å². The second kappa shape index (κ2) is 14.4. The molecule has 2 saturated heterocycles. The maximum atomic E-state index is 13.4. The van der Waals surface area contributed by atoms with Gasteiger partial charge in [-0.15, -0.1) is 0 Å². The minimum absolute atomic E-state index is 0.0861. The number of imide groups is 2. The Hall–Kier alpha value is -6.22. The van der Waals surface area contributed by atoms with E-state index in [2.05, 4.69) is 74.9 Å². The molecule has 2 aromatic heterocycles. The molecule has 0 radical (unpaired) electrons. The molecule has 0 bridgehead atoms. The van der Waals surface area contributed by atoms with Crippen molar-refractivity contribution in [1.29, 1.82) is 0 Å². The minimum atomic E-state index is -0.984. The van der Waals surface area contributed by atoms with Crippen molar-refractivity contribution in [2.24, 2.45) is 13.0 Å². The van der Waals surface area contributed by atoms with Crippen molar-refractivity contribution in [2.45, 2.75) is 58.5 Å². The predicted molar refractivity (Wildman–Crippen MR) is 220 cm³/mol. The predicted octanol–water partition coefficient (Wildman–Crippen LogP) is 5.47.